The first-order valence-electron chi connectivity index (χ1n) is 7.15. The number of halogens is 1. The SMILES string of the molecule is CC1CN(C(=O)c2cc3ccc(F)cc3n2C)CC(C)O1. The van der Waals surface area contributed by atoms with Crippen molar-refractivity contribution < 1.29 is 13.9 Å². The van der Waals surface area contributed by atoms with E-state index in [-0.39, 0.29) is 23.9 Å². The Hall–Kier alpha value is -1.88. The normalized spacial score (nSPS) is 22.8. The molecule has 2 atom stereocenters. The topological polar surface area (TPSA) is 34.5 Å². The molecule has 0 radical (unpaired) electrons. The molecule has 1 saturated heterocycles. The second-order valence-electron chi connectivity index (χ2n) is 5.76. The molecule has 1 aliphatic heterocycles. The Labute approximate surface area is 123 Å². The van der Waals surface area contributed by atoms with Gasteiger partial charge in [-0.3, -0.25) is 4.79 Å². The standard InChI is InChI=1S/C16H19FN2O2/c1-10-8-19(9-11(2)21-10)16(20)15-6-12-4-5-13(17)7-14(12)18(15)3/h4-7,10-11H,8-9H2,1-3H3. The van der Waals surface area contributed by atoms with Gasteiger partial charge in [0.1, 0.15) is 11.5 Å². The number of rotatable bonds is 1. The Morgan fingerprint density at radius 2 is 1.90 bits per heavy atom. The lowest BCUT2D eigenvalue weighted by molar-refractivity contribution is -0.0588. The number of ether oxygens (including phenoxy) is 1. The lowest BCUT2D eigenvalue weighted by Gasteiger charge is -2.35. The van der Waals surface area contributed by atoms with Crippen molar-refractivity contribution in [2.24, 2.45) is 7.05 Å². The average molecular weight is 290 g/mol. The minimum atomic E-state index is -0.295. The van der Waals surface area contributed by atoms with E-state index in [2.05, 4.69) is 0 Å². The largest absolute Gasteiger partial charge is 0.372 e. The van der Waals surface area contributed by atoms with Crippen LogP contribution in [0.1, 0.15) is 24.3 Å². The molecule has 4 nitrogen and oxygen atoms in total. The van der Waals surface area contributed by atoms with Crippen molar-refractivity contribution >= 4 is 16.8 Å². The summed E-state index contributed by atoms with van der Waals surface area (Å²) >= 11 is 0. The minimum absolute atomic E-state index is 0.0314. The highest BCUT2D eigenvalue weighted by molar-refractivity contribution is 5.98. The van der Waals surface area contributed by atoms with Gasteiger partial charge in [0, 0.05) is 25.5 Å². The van der Waals surface area contributed by atoms with Gasteiger partial charge < -0.3 is 14.2 Å². The van der Waals surface area contributed by atoms with Gasteiger partial charge in [0.15, 0.2) is 0 Å². The van der Waals surface area contributed by atoms with Crippen LogP contribution in [0.5, 0.6) is 0 Å². The van der Waals surface area contributed by atoms with E-state index in [9.17, 15) is 9.18 Å². The molecule has 1 aliphatic rings. The zero-order chi connectivity index (χ0) is 15.1. The highest BCUT2D eigenvalue weighted by Crippen LogP contribution is 2.22. The molecule has 2 heterocycles. The monoisotopic (exact) mass is 290 g/mol. The molecule has 1 aromatic heterocycles. The summed E-state index contributed by atoms with van der Waals surface area (Å²) in [6, 6.07) is 6.39. The number of benzene rings is 1. The highest BCUT2D eigenvalue weighted by Gasteiger charge is 2.28. The summed E-state index contributed by atoms with van der Waals surface area (Å²) in [6.45, 7) is 5.09. The molecule has 5 heteroatoms. The third-order valence-corrected chi connectivity index (χ3v) is 3.93. The van der Waals surface area contributed by atoms with Gasteiger partial charge in [0.2, 0.25) is 0 Å². The van der Waals surface area contributed by atoms with Gasteiger partial charge >= 0.3 is 0 Å². The summed E-state index contributed by atoms with van der Waals surface area (Å²) in [5, 5.41) is 0.872. The molecule has 2 unspecified atom stereocenters. The van der Waals surface area contributed by atoms with Gasteiger partial charge in [-0.05, 0) is 38.1 Å². The minimum Gasteiger partial charge on any atom is -0.372 e. The van der Waals surface area contributed by atoms with E-state index >= 15 is 0 Å². The molecule has 0 spiro atoms. The van der Waals surface area contributed by atoms with Crippen LogP contribution in [-0.4, -0.2) is 40.7 Å². The summed E-state index contributed by atoms with van der Waals surface area (Å²) < 4.78 is 20.8. The molecular weight excluding hydrogens is 271 g/mol. The van der Waals surface area contributed by atoms with Crippen LogP contribution in [0.3, 0.4) is 0 Å². The summed E-state index contributed by atoms with van der Waals surface area (Å²) in [4.78, 5) is 14.5. The summed E-state index contributed by atoms with van der Waals surface area (Å²) in [5.74, 6) is -0.326. The van der Waals surface area contributed by atoms with E-state index in [0.717, 1.165) is 10.9 Å². The van der Waals surface area contributed by atoms with Crippen LogP contribution < -0.4 is 0 Å². The van der Waals surface area contributed by atoms with E-state index in [4.69, 9.17) is 4.74 Å². The van der Waals surface area contributed by atoms with Crippen molar-refractivity contribution in [3.05, 3.63) is 35.8 Å². The van der Waals surface area contributed by atoms with Crippen molar-refractivity contribution in [2.45, 2.75) is 26.1 Å². The van der Waals surface area contributed by atoms with Crippen molar-refractivity contribution in [2.75, 3.05) is 13.1 Å². The predicted molar refractivity (Wildman–Crippen MR) is 78.8 cm³/mol. The average Bonchev–Trinajstić information content (AvgIpc) is 2.74. The summed E-state index contributed by atoms with van der Waals surface area (Å²) in [6.07, 6.45) is 0.0645. The molecule has 1 aromatic carbocycles. The number of amides is 1. The van der Waals surface area contributed by atoms with Gasteiger partial charge in [0.05, 0.1) is 17.7 Å². The van der Waals surface area contributed by atoms with Crippen LogP contribution >= 0.6 is 0 Å². The second kappa shape index (κ2) is 5.15. The van der Waals surface area contributed by atoms with Gasteiger partial charge in [-0.15, -0.1) is 0 Å². The number of aryl methyl sites for hydroxylation is 1. The lowest BCUT2D eigenvalue weighted by Crippen LogP contribution is -2.48. The zero-order valence-corrected chi connectivity index (χ0v) is 12.5. The fourth-order valence-electron chi connectivity index (χ4n) is 3.01. The molecule has 2 aromatic rings. The smallest absolute Gasteiger partial charge is 0.270 e. The first kappa shape index (κ1) is 14.1. The molecule has 0 aliphatic carbocycles. The molecule has 1 fully saturated rings. The van der Waals surface area contributed by atoms with Crippen LogP contribution in [-0.2, 0) is 11.8 Å². The third-order valence-electron chi connectivity index (χ3n) is 3.93. The number of morpholine rings is 1. The molecule has 1 amide bonds. The molecular formula is C16H19FN2O2. The molecule has 0 N–H and O–H groups in total. The van der Waals surface area contributed by atoms with E-state index < -0.39 is 0 Å². The molecule has 3 rings (SSSR count). The summed E-state index contributed by atoms with van der Waals surface area (Å²) in [5.41, 5.74) is 1.31. The molecule has 0 saturated carbocycles. The molecule has 0 bridgehead atoms. The maximum absolute atomic E-state index is 13.4. The summed E-state index contributed by atoms with van der Waals surface area (Å²) in [7, 11) is 1.79. The van der Waals surface area contributed by atoms with Crippen LogP contribution in [0, 0.1) is 5.82 Å². The lowest BCUT2D eigenvalue weighted by atomic mass is 10.2. The first-order valence-corrected chi connectivity index (χ1v) is 7.15. The van der Waals surface area contributed by atoms with Crippen LogP contribution in [0.25, 0.3) is 10.9 Å². The fraction of sp³-hybridized carbons (Fsp3) is 0.438. The number of nitrogens with zero attached hydrogens (tertiary/aromatic N) is 2. The van der Waals surface area contributed by atoms with Crippen molar-refractivity contribution in [1.82, 2.24) is 9.47 Å². The maximum atomic E-state index is 13.4. The Kier molecular flexibility index (Phi) is 3.45. The van der Waals surface area contributed by atoms with Crippen molar-refractivity contribution in [3.63, 3.8) is 0 Å². The zero-order valence-electron chi connectivity index (χ0n) is 12.5. The Morgan fingerprint density at radius 3 is 2.57 bits per heavy atom. The van der Waals surface area contributed by atoms with E-state index in [1.807, 2.05) is 24.8 Å². The highest BCUT2D eigenvalue weighted by atomic mass is 19.1. The molecule has 21 heavy (non-hydrogen) atoms. The number of hydrogen-bond acceptors (Lipinski definition) is 2. The quantitative estimate of drug-likeness (QED) is 0.809. The van der Waals surface area contributed by atoms with E-state index in [0.29, 0.717) is 18.8 Å². The van der Waals surface area contributed by atoms with Gasteiger partial charge in [0.25, 0.3) is 5.91 Å². The fourth-order valence-corrected chi connectivity index (χ4v) is 3.01. The Bertz CT molecular complexity index is 685. The first-order chi connectivity index (χ1) is 9.95. The number of carbonyl (C=O) groups is 1. The Balaban J connectivity index is 1.96. The predicted octanol–water partition coefficient (Wildman–Crippen LogP) is 2.57. The van der Waals surface area contributed by atoms with Gasteiger partial charge in [-0.1, -0.05) is 0 Å². The number of aromatic nitrogens is 1. The van der Waals surface area contributed by atoms with Gasteiger partial charge in [-0.25, -0.2) is 4.39 Å². The van der Waals surface area contributed by atoms with Crippen molar-refractivity contribution in [1.29, 1.82) is 0 Å². The van der Waals surface area contributed by atoms with Crippen LogP contribution in [0.15, 0.2) is 24.3 Å². The second-order valence-corrected chi connectivity index (χ2v) is 5.76. The number of fused-ring (bicyclic) bond motifs is 1. The number of hydrogen-bond donors (Lipinski definition) is 0. The molecule has 112 valence electrons. The number of carbonyl (C=O) groups excluding carboxylic acids is 1. The maximum Gasteiger partial charge on any atom is 0.270 e. The van der Waals surface area contributed by atoms with E-state index in [1.165, 1.54) is 12.1 Å². The van der Waals surface area contributed by atoms with E-state index in [1.54, 1.807) is 17.7 Å². The van der Waals surface area contributed by atoms with Crippen LogP contribution in [0.4, 0.5) is 4.39 Å². The van der Waals surface area contributed by atoms with Crippen LogP contribution in [0.2, 0.25) is 0 Å². The third kappa shape index (κ3) is 2.53. The van der Waals surface area contributed by atoms with Crippen molar-refractivity contribution in [3.8, 4) is 0 Å². The van der Waals surface area contributed by atoms with Gasteiger partial charge in [-0.2, -0.15) is 0 Å². The Morgan fingerprint density at radius 1 is 1.24 bits per heavy atom.